The average molecular weight is 324 g/mol. The molecule has 1 amide bonds. The Hall–Kier alpha value is -2.33. The van der Waals surface area contributed by atoms with Gasteiger partial charge < -0.3 is 15.8 Å². The van der Waals surface area contributed by atoms with Crippen LogP contribution in [0, 0.1) is 0 Å². The molecule has 0 atom stereocenters. The van der Waals surface area contributed by atoms with E-state index in [0.717, 1.165) is 18.6 Å². The first-order valence-electron chi connectivity index (χ1n) is 8.53. The molecule has 0 aliphatic heterocycles. The van der Waals surface area contributed by atoms with Gasteiger partial charge in [-0.15, -0.1) is 0 Å². The van der Waals surface area contributed by atoms with Crippen molar-refractivity contribution in [2.24, 2.45) is 5.73 Å². The highest BCUT2D eigenvalue weighted by Gasteiger charge is 2.18. The van der Waals surface area contributed by atoms with Crippen molar-refractivity contribution in [2.75, 3.05) is 6.54 Å². The monoisotopic (exact) mass is 324 g/mol. The summed E-state index contributed by atoms with van der Waals surface area (Å²) in [7, 11) is 0. The van der Waals surface area contributed by atoms with Crippen molar-refractivity contribution >= 4 is 5.91 Å². The van der Waals surface area contributed by atoms with Crippen LogP contribution in [0.1, 0.15) is 35.1 Å². The molecule has 3 N–H and O–H groups in total. The quantitative estimate of drug-likeness (QED) is 0.823. The Morgan fingerprint density at radius 3 is 2.54 bits per heavy atom. The molecule has 4 nitrogen and oxygen atoms in total. The molecular formula is C20H24N2O2. The number of rotatable bonds is 7. The zero-order chi connectivity index (χ0) is 16.8. The molecule has 126 valence electrons. The van der Waals surface area contributed by atoms with E-state index in [1.807, 2.05) is 18.2 Å². The van der Waals surface area contributed by atoms with Crippen molar-refractivity contribution in [1.29, 1.82) is 0 Å². The highest BCUT2D eigenvalue weighted by Crippen LogP contribution is 2.32. The van der Waals surface area contributed by atoms with E-state index >= 15 is 0 Å². The largest absolute Gasteiger partial charge is 0.489 e. The van der Waals surface area contributed by atoms with E-state index in [4.69, 9.17) is 10.5 Å². The van der Waals surface area contributed by atoms with E-state index in [-0.39, 0.29) is 12.5 Å². The first-order chi connectivity index (χ1) is 11.7. The number of amides is 1. The third-order valence-corrected chi connectivity index (χ3v) is 4.44. The molecular weight excluding hydrogens is 300 g/mol. The van der Waals surface area contributed by atoms with Gasteiger partial charge in [0, 0.05) is 6.54 Å². The van der Waals surface area contributed by atoms with Gasteiger partial charge in [0.2, 0.25) is 5.91 Å². The second-order valence-corrected chi connectivity index (χ2v) is 6.23. The molecule has 0 spiro atoms. The van der Waals surface area contributed by atoms with Gasteiger partial charge in [-0.3, -0.25) is 4.79 Å². The lowest BCUT2D eigenvalue weighted by Crippen LogP contribution is -2.28. The van der Waals surface area contributed by atoms with Crippen LogP contribution in [0.5, 0.6) is 5.75 Å². The highest BCUT2D eigenvalue weighted by molar-refractivity contribution is 5.75. The second-order valence-electron chi connectivity index (χ2n) is 6.23. The molecule has 3 rings (SSSR count). The van der Waals surface area contributed by atoms with E-state index in [1.165, 1.54) is 35.1 Å². The number of benzene rings is 2. The van der Waals surface area contributed by atoms with Crippen molar-refractivity contribution in [3.05, 3.63) is 64.7 Å². The maximum Gasteiger partial charge on any atom is 0.231 e. The standard InChI is InChI=1S/C20H24N2O2/c21-20(23)13-22-12-16-10-11-19(18-9-5-4-8-17(16)18)24-14-15-6-2-1-3-7-15/h1-3,6-7,10-11,22H,4-5,8-9,12-14H2,(H2,21,23). The van der Waals surface area contributed by atoms with Crippen LogP contribution in [0.2, 0.25) is 0 Å². The fourth-order valence-electron chi connectivity index (χ4n) is 3.27. The zero-order valence-corrected chi connectivity index (χ0v) is 13.9. The molecule has 0 fully saturated rings. The predicted molar refractivity (Wildman–Crippen MR) is 94.8 cm³/mol. The highest BCUT2D eigenvalue weighted by atomic mass is 16.5. The molecule has 0 saturated carbocycles. The summed E-state index contributed by atoms with van der Waals surface area (Å²) < 4.78 is 6.09. The minimum atomic E-state index is -0.327. The van der Waals surface area contributed by atoms with Crippen LogP contribution in [-0.2, 0) is 30.8 Å². The third-order valence-electron chi connectivity index (χ3n) is 4.44. The van der Waals surface area contributed by atoms with Gasteiger partial charge in [-0.1, -0.05) is 36.4 Å². The number of fused-ring (bicyclic) bond motifs is 1. The molecule has 2 aromatic rings. The molecule has 0 heterocycles. The van der Waals surface area contributed by atoms with Gasteiger partial charge in [0.25, 0.3) is 0 Å². The zero-order valence-electron chi connectivity index (χ0n) is 13.9. The van der Waals surface area contributed by atoms with Crippen LogP contribution in [0.4, 0.5) is 0 Å². The minimum absolute atomic E-state index is 0.209. The maximum atomic E-state index is 10.9. The van der Waals surface area contributed by atoms with Gasteiger partial charge in [0.05, 0.1) is 6.54 Å². The van der Waals surface area contributed by atoms with E-state index in [1.54, 1.807) is 0 Å². The minimum Gasteiger partial charge on any atom is -0.489 e. The van der Waals surface area contributed by atoms with Crippen LogP contribution in [0.25, 0.3) is 0 Å². The fourth-order valence-corrected chi connectivity index (χ4v) is 3.27. The predicted octanol–water partition coefficient (Wildman–Crippen LogP) is 2.72. The molecule has 0 unspecified atom stereocenters. The van der Waals surface area contributed by atoms with E-state index in [0.29, 0.717) is 13.2 Å². The number of carbonyl (C=O) groups excluding carboxylic acids is 1. The molecule has 0 radical (unpaired) electrons. The Morgan fingerprint density at radius 2 is 1.79 bits per heavy atom. The van der Waals surface area contributed by atoms with E-state index in [9.17, 15) is 4.79 Å². The van der Waals surface area contributed by atoms with E-state index in [2.05, 4.69) is 29.6 Å². The third kappa shape index (κ3) is 4.15. The van der Waals surface area contributed by atoms with Gasteiger partial charge in [-0.05, 0) is 54.0 Å². The van der Waals surface area contributed by atoms with Crippen molar-refractivity contribution in [1.82, 2.24) is 5.32 Å². The number of ether oxygens (including phenoxy) is 1. The first kappa shape index (κ1) is 16.5. The summed E-state index contributed by atoms with van der Waals surface area (Å²) in [5, 5.41) is 3.11. The maximum absolute atomic E-state index is 10.9. The van der Waals surface area contributed by atoms with Gasteiger partial charge in [0.15, 0.2) is 0 Å². The van der Waals surface area contributed by atoms with Crippen molar-refractivity contribution in [3.8, 4) is 5.75 Å². The summed E-state index contributed by atoms with van der Waals surface area (Å²) >= 11 is 0. The van der Waals surface area contributed by atoms with Gasteiger partial charge in [-0.2, -0.15) is 0 Å². The Balaban J connectivity index is 1.74. The summed E-state index contributed by atoms with van der Waals surface area (Å²) in [5.74, 6) is 0.666. The summed E-state index contributed by atoms with van der Waals surface area (Å²) in [6.07, 6.45) is 4.54. The van der Waals surface area contributed by atoms with Crippen molar-refractivity contribution in [3.63, 3.8) is 0 Å². The van der Waals surface area contributed by atoms with Gasteiger partial charge in [-0.25, -0.2) is 0 Å². The number of nitrogens with one attached hydrogen (secondary N) is 1. The molecule has 4 heteroatoms. The Kier molecular flexibility index (Phi) is 5.49. The molecule has 0 bridgehead atoms. The normalized spacial score (nSPS) is 13.3. The van der Waals surface area contributed by atoms with Gasteiger partial charge >= 0.3 is 0 Å². The Labute approximate surface area is 143 Å². The smallest absolute Gasteiger partial charge is 0.231 e. The number of carbonyl (C=O) groups is 1. The van der Waals surface area contributed by atoms with Crippen molar-refractivity contribution < 1.29 is 9.53 Å². The lowest BCUT2D eigenvalue weighted by atomic mass is 9.87. The number of primary amides is 1. The number of hydrogen-bond donors (Lipinski definition) is 2. The van der Waals surface area contributed by atoms with Crippen LogP contribution in [-0.4, -0.2) is 12.5 Å². The summed E-state index contributed by atoms with van der Waals surface area (Å²) in [6, 6.07) is 14.4. The summed E-state index contributed by atoms with van der Waals surface area (Å²) in [4.78, 5) is 10.9. The molecule has 1 aliphatic carbocycles. The first-order valence-corrected chi connectivity index (χ1v) is 8.53. The molecule has 24 heavy (non-hydrogen) atoms. The van der Waals surface area contributed by atoms with Crippen LogP contribution in [0.3, 0.4) is 0 Å². The number of nitrogens with two attached hydrogens (primary N) is 1. The van der Waals surface area contributed by atoms with Crippen LogP contribution >= 0.6 is 0 Å². The van der Waals surface area contributed by atoms with Crippen LogP contribution < -0.4 is 15.8 Å². The second kappa shape index (κ2) is 7.97. The summed E-state index contributed by atoms with van der Waals surface area (Å²) in [6.45, 7) is 1.47. The van der Waals surface area contributed by atoms with Gasteiger partial charge in [0.1, 0.15) is 12.4 Å². The number of hydrogen-bond acceptors (Lipinski definition) is 3. The van der Waals surface area contributed by atoms with Crippen molar-refractivity contribution in [2.45, 2.75) is 38.8 Å². The average Bonchev–Trinajstić information content (AvgIpc) is 2.61. The lowest BCUT2D eigenvalue weighted by molar-refractivity contribution is -0.117. The Morgan fingerprint density at radius 1 is 1.04 bits per heavy atom. The topological polar surface area (TPSA) is 64.4 Å². The van der Waals surface area contributed by atoms with E-state index < -0.39 is 0 Å². The Bertz CT molecular complexity index is 698. The van der Waals surface area contributed by atoms with Crippen LogP contribution in [0.15, 0.2) is 42.5 Å². The SMILES string of the molecule is NC(=O)CNCc1ccc(OCc2ccccc2)c2c1CCCC2. The summed E-state index contributed by atoms with van der Waals surface area (Å²) in [5.41, 5.74) is 10.3. The lowest BCUT2D eigenvalue weighted by Gasteiger charge is -2.23. The molecule has 1 aliphatic rings. The molecule has 0 saturated heterocycles. The molecule has 2 aromatic carbocycles. The fraction of sp³-hybridized carbons (Fsp3) is 0.350. The molecule has 0 aromatic heterocycles.